The Morgan fingerprint density at radius 2 is 0.565 bits per heavy atom. The van der Waals surface area contributed by atoms with Crippen LogP contribution < -0.4 is 0 Å². The number of carbonyl (C=O) groups excluding carboxylic acids is 3. The molecule has 0 amide bonds. The van der Waals surface area contributed by atoms with Gasteiger partial charge in [-0.3, -0.25) is 14.4 Å². The van der Waals surface area contributed by atoms with Gasteiger partial charge in [-0.05, 0) is 122 Å². The molecule has 0 aliphatic heterocycles. The molecule has 0 aliphatic carbocycles. The molecule has 0 aromatic carbocycles. The van der Waals surface area contributed by atoms with Crippen LogP contribution in [0.5, 0.6) is 0 Å². The first kappa shape index (κ1) is 64.3. The first-order valence-corrected chi connectivity index (χ1v) is 27.3. The maximum atomic E-state index is 12.8. The minimum atomic E-state index is -0.806. The van der Waals surface area contributed by atoms with Gasteiger partial charge in [-0.2, -0.15) is 0 Å². The van der Waals surface area contributed by atoms with Gasteiger partial charge in [0.05, 0.1) is 0 Å². The molecule has 6 nitrogen and oxygen atoms in total. The molecular weight excluding hydrogens is 853 g/mol. The van der Waals surface area contributed by atoms with Crippen LogP contribution in [0.2, 0.25) is 0 Å². The predicted molar refractivity (Wildman–Crippen MR) is 297 cm³/mol. The van der Waals surface area contributed by atoms with Crippen molar-refractivity contribution < 1.29 is 28.6 Å². The number of unbranched alkanes of at least 4 members (excludes halogenated alkanes) is 12. The molecule has 0 aromatic rings. The zero-order valence-corrected chi connectivity index (χ0v) is 44.0. The summed E-state index contributed by atoms with van der Waals surface area (Å²) in [5.74, 6) is -0.989. The molecule has 0 spiro atoms. The number of esters is 3. The number of rotatable bonds is 47. The highest BCUT2D eigenvalue weighted by molar-refractivity contribution is 5.71. The first-order valence-electron chi connectivity index (χ1n) is 27.3. The van der Waals surface area contributed by atoms with Crippen LogP contribution in [0, 0.1) is 0 Å². The average molecular weight is 951 g/mol. The van der Waals surface area contributed by atoms with E-state index in [-0.39, 0.29) is 31.1 Å². The van der Waals surface area contributed by atoms with Crippen molar-refractivity contribution in [3.05, 3.63) is 146 Å². The fourth-order valence-electron chi connectivity index (χ4n) is 6.80. The highest BCUT2D eigenvalue weighted by atomic mass is 16.6. The minimum Gasteiger partial charge on any atom is -0.462 e. The molecule has 0 N–H and O–H groups in total. The summed E-state index contributed by atoms with van der Waals surface area (Å²) in [5.41, 5.74) is 0. The second kappa shape index (κ2) is 55.9. The van der Waals surface area contributed by atoms with Gasteiger partial charge in [0.25, 0.3) is 0 Å². The largest absolute Gasteiger partial charge is 0.462 e. The molecule has 1 unspecified atom stereocenters. The van der Waals surface area contributed by atoms with Gasteiger partial charge in [-0.15, -0.1) is 0 Å². The Morgan fingerprint density at radius 3 is 0.913 bits per heavy atom. The first-order chi connectivity index (χ1) is 34.0. The van der Waals surface area contributed by atoms with Gasteiger partial charge in [0.1, 0.15) is 13.2 Å². The van der Waals surface area contributed by atoms with Crippen LogP contribution in [0.3, 0.4) is 0 Å². The molecule has 6 heteroatoms. The summed E-state index contributed by atoms with van der Waals surface area (Å²) in [6.45, 7) is 6.25. The summed E-state index contributed by atoms with van der Waals surface area (Å²) in [6.07, 6.45) is 80.2. The third kappa shape index (κ3) is 54.1. The lowest BCUT2D eigenvalue weighted by molar-refractivity contribution is -0.167. The van der Waals surface area contributed by atoms with E-state index in [9.17, 15) is 14.4 Å². The van der Waals surface area contributed by atoms with Crippen molar-refractivity contribution >= 4 is 17.9 Å². The maximum absolute atomic E-state index is 12.8. The summed E-state index contributed by atoms with van der Waals surface area (Å²) in [7, 11) is 0. The van der Waals surface area contributed by atoms with E-state index >= 15 is 0 Å². The fourth-order valence-corrected chi connectivity index (χ4v) is 6.80. The van der Waals surface area contributed by atoms with Gasteiger partial charge < -0.3 is 14.2 Å². The predicted octanol–water partition coefficient (Wildman–Crippen LogP) is 18.4. The lowest BCUT2D eigenvalue weighted by Gasteiger charge is -2.18. The fraction of sp³-hybridized carbons (Fsp3) is 0.571. The quantitative estimate of drug-likeness (QED) is 0.0262. The third-order valence-electron chi connectivity index (χ3n) is 10.8. The monoisotopic (exact) mass is 951 g/mol. The molecule has 0 aliphatic rings. The van der Waals surface area contributed by atoms with E-state index in [0.29, 0.717) is 25.7 Å². The topological polar surface area (TPSA) is 78.9 Å². The number of allylic oxidation sites excluding steroid dienone is 24. The Hall–Kier alpha value is -4.71. The van der Waals surface area contributed by atoms with Gasteiger partial charge in [0.15, 0.2) is 6.10 Å². The molecule has 386 valence electrons. The molecule has 0 saturated carbocycles. The van der Waals surface area contributed by atoms with E-state index in [4.69, 9.17) is 14.2 Å². The lowest BCUT2D eigenvalue weighted by Crippen LogP contribution is -2.30. The van der Waals surface area contributed by atoms with E-state index in [1.165, 1.54) is 12.8 Å². The SMILES string of the molecule is CC/C=C\C/C=C\C/C=C\C/C=C\C/C=C\C/C=C\C/C=C\C/C=C\CCCCC(=O)OCC(COC(=O)CCCCCCC)OC(=O)CCCCCCCC/C=C\C/C=C\C/C=C\C/C=C\CC. The Kier molecular flexibility index (Phi) is 52.1. The lowest BCUT2D eigenvalue weighted by atomic mass is 10.1. The van der Waals surface area contributed by atoms with E-state index in [1.807, 2.05) is 0 Å². The smallest absolute Gasteiger partial charge is 0.306 e. The normalized spacial score (nSPS) is 13.3. The summed E-state index contributed by atoms with van der Waals surface area (Å²) in [4.78, 5) is 37.7. The van der Waals surface area contributed by atoms with E-state index in [1.54, 1.807) is 0 Å². The second-order valence-electron chi connectivity index (χ2n) is 17.4. The highest BCUT2D eigenvalue weighted by Crippen LogP contribution is 2.12. The number of hydrogen-bond donors (Lipinski definition) is 0. The van der Waals surface area contributed by atoms with Gasteiger partial charge in [-0.1, -0.05) is 218 Å². The van der Waals surface area contributed by atoms with Gasteiger partial charge in [0.2, 0.25) is 0 Å². The summed E-state index contributed by atoms with van der Waals surface area (Å²) in [6, 6.07) is 0. The molecule has 1 atom stereocenters. The molecule has 0 radical (unpaired) electrons. The summed E-state index contributed by atoms with van der Waals surface area (Å²) in [5, 5.41) is 0. The molecule has 0 bridgehead atoms. The average Bonchev–Trinajstić information content (AvgIpc) is 3.35. The van der Waals surface area contributed by atoms with Crippen LogP contribution in [0.4, 0.5) is 0 Å². The standard InChI is InChI=1S/C63H98O6/c1-4-7-10-13-15-17-19-21-23-25-27-28-29-30-31-32-33-34-36-37-39-41-43-45-47-50-53-56-62(65)68-59-60(58-67-61(64)55-52-49-12-9-6-3)69-63(66)57-54-51-48-46-44-42-40-38-35-26-24-22-20-18-16-14-11-8-5-2/h7-8,10-11,15-18,21-24,27-28,30-31,33-35,37-39,43,45,60H,4-6,9,12-14,19-20,25-26,29,32,36,40-42,44,46-59H2,1-3H3/b10-7-,11-8-,17-15-,18-16-,23-21-,24-22-,28-27-,31-30-,34-33-,38-35-,39-37-,45-43-. The Balaban J connectivity index is 4.28. The molecule has 69 heavy (non-hydrogen) atoms. The minimum absolute atomic E-state index is 0.104. The van der Waals surface area contributed by atoms with Gasteiger partial charge in [-0.25, -0.2) is 0 Å². The second-order valence-corrected chi connectivity index (χ2v) is 17.4. The Bertz CT molecular complexity index is 1560. The van der Waals surface area contributed by atoms with Crippen molar-refractivity contribution in [1.82, 2.24) is 0 Å². The van der Waals surface area contributed by atoms with Crippen molar-refractivity contribution in [3.63, 3.8) is 0 Å². The molecule has 0 fully saturated rings. The summed E-state index contributed by atoms with van der Waals surface area (Å²) >= 11 is 0. The maximum Gasteiger partial charge on any atom is 0.306 e. The van der Waals surface area contributed by atoms with Gasteiger partial charge >= 0.3 is 17.9 Å². The number of ether oxygens (including phenoxy) is 3. The Labute approximate surface area is 423 Å². The molecule has 0 rings (SSSR count). The van der Waals surface area contributed by atoms with E-state index < -0.39 is 6.10 Å². The van der Waals surface area contributed by atoms with Crippen LogP contribution in [-0.2, 0) is 28.6 Å². The van der Waals surface area contributed by atoms with Crippen LogP contribution >= 0.6 is 0 Å². The van der Waals surface area contributed by atoms with Crippen molar-refractivity contribution in [2.75, 3.05) is 13.2 Å². The zero-order valence-electron chi connectivity index (χ0n) is 44.0. The highest BCUT2D eigenvalue weighted by Gasteiger charge is 2.19. The van der Waals surface area contributed by atoms with Crippen molar-refractivity contribution in [1.29, 1.82) is 0 Å². The molecule has 0 aromatic heterocycles. The van der Waals surface area contributed by atoms with Crippen LogP contribution in [0.25, 0.3) is 0 Å². The van der Waals surface area contributed by atoms with Crippen LogP contribution in [0.15, 0.2) is 146 Å². The molecular formula is C63H98O6. The van der Waals surface area contributed by atoms with Crippen LogP contribution in [-0.4, -0.2) is 37.2 Å². The summed E-state index contributed by atoms with van der Waals surface area (Å²) < 4.78 is 16.6. The van der Waals surface area contributed by atoms with Crippen molar-refractivity contribution in [2.45, 2.75) is 219 Å². The van der Waals surface area contributed by atoms with Crippen molar-refractivity contribution in [2.24, 2.45) is 0 Å². The zero-order chi connectivity index (χ0) is 50.0. The Morgan fingerprint density at radius 1 is 0.304 bits per heavy atom. The van der Waals surface area contributed by atoms with Crippen molar-refractivity contribution in [3.8, 4) is 0 Å². The molecule has 0 heterocycles. The number of carbonyl (C=O) groups is 3. The van der Waals surface area contributed by atoms with E-state index in [0.717, 1.165) is 154 Å². The van der Waals surface area contributed by atoms with Gasteiger partial charge in [0, 0.05) is 19.3 Å². The van der Waals surface area contributed by atoms with E-state index in [2.05, 4.69) is 167 Å². The third-order valence-corrected chi connectivity index (χ3v) is 10.8. The molecule has 0 saturated heterocycles. The van der Waals surface area contributed by atoms with Crippen LogP contribution in [0.1, 0.15) is 213 Å². The number of hydrogen-bond acceptors (Lipinski definition) is 6.